The van der Waals surface area contributed by atoms with Crippen LogP contribution in [0.4, 0.5) is 0 Å². The molecule has 1 aliphatic rings. The first-order valence-corrected chi connectivity index (χ1v) is 7.19. The van der Waals surface area contributed by atoms with Crippen molar-refractivity contribution in [1.29, 1.82) is 0 Å². The van der Waals surface area contributed by atoms with Crippen molar-refractivity contribution in [2.45, 2.75) is 6.92 Å². The van der Waals surface area contributed by atoms with Crippen LogP contribution in [-0.2, 0) is 4.79 Å². The summed E-state index contributed by atoms with van der Waals surface area (Å²) < 4.78 is 0. The van der Waals surface area contributed by atoms with E-state index in [4.69, 9.17) is 0 Å². The molecule has 0 atom stereocenters. The lowest BCUT2D eigenvalue weighted by Gasteiger charge is -2.01. The number of hydrogen-bond acceptors (Lipinski definition) is 2. The Balaban J connectivity index is 1.90. The molecule has 0 saturated heterocycles. The molecule has 1 amide bonds. The highest BCUT2D eigenvalue weighted by Gasteiger charge is 2.22. The topological polar surface area (TPSA) is 29.4 Å². The van der Waals surface area contributed by atoms with Gasteiger partial charge in [0.05, 0.1) is 4.91 Å². The Labute approximate surface area is 122 Å². The molecule has 3 rings (SSSR count). The van der Waals surface area contributed by atoms with Crippen LogP contribution in [0.1, 0.15) is 16.7 Å². The lowest BCUT2D eigenvalue weighted by atomic mass is 10.1. The number of benzene rings is 2. The Morgan fingerprint density at radius 3 is 2.45 bits per heavy atom. The molecule has 1 heterocycles. The van der Waals surface area contributed by atoms with Crippen LogP contribution in [-0.4, -0.2) is 11.0 Å². The molecule has 2 nitrogen and oxygen atoms in total. The molecule has 0 fully saturated rings. The number of carbonyl (C=O) groups excluding carboxylic acids is 1. The monoisotopic (exact) mass is 279 g/mol. The minimum absolute atomic E-state index is 0.155. The SMILES string of the molecule is Cc1ccccc1C=C1SC(c2ccccc2)=NC1=O. The zero-order chi connectivity index (χ0) is 13.9. The van der Waals surface area contributed by atoms with Gasteiger partial charge in [-0.15, -0.1) is 0 Å². The van der Waals surface area contributed by atoms with Gasteiger partial charge in [-0.05, 0) is 24.1 Å². The number of hydrogen-bond donors (Lipinski definition) is 0. The molecular weight excluding hydrogens is 266 g/mol. The largest absolute Gasteiger partial charge is 0.284 e. The number of carbonyl (C=O) groups is 1. The third-order valence-electron chi connectivity index (χ3n) is 3.12. The summed E-state index contributed by atoms with van der Waals surface area (Å²) in [6.45, 7) is 2.04. The van der Waals surface area contributed by atoms with E-state index in [9.17, 15) is 4.79 Å². The van der Waals surface area contributed by atoms with Gasteiger partial charge in [0.1, 0.15) is 5.04 Å². The second-order valence-electron chi connectivity index (χ2n) is 4.56. The summed E-state index contributed by atoms with van der Waals surface area (Å²) in [5.74, 6) is -0.155. The molecule has 98 valence electrons. The highest BCUT2D eigenvalue weighted by Crippen LogP contribution is 2.32. The summed E-state index contributed by atoms with van der Waals surface area (Å²) in [6.07, 6.45) is 1.92. The second kappa shape index (κ2) is 5.47. The Kier molecular flexibility index (Phi) is 3.52. The van der Waals surface area contributed by atoms with Gasteiger partial charge in [0, 0.05) is 5.56 Å². The van der Waals surface area contributed by atoms with Gasteiger partial charge in [0.25, 0.3) is 5.91 Å². The van der Waals surface area contributed by atoms with E-state index in [0.717, 1.165) is 21.7 Å². The van der Waals surface area contributed by atoms with Crippen LogP contribution in [0, 0.1) is 6.92 Å². The Morgan fingerprint density at radius 1 is 1.00 bits per heavy atom. The maximum absolute atomic E-state index is 12.0. The van der Waals surface area contributed by atoms with Crippen LogP contribution < -0.4 is 0 Å². The van der Waals surface area contributed by atoms with E-state index in [-0.39, 0.29) is 5.91 Å². The van der Waals surface area contributed by atoms with Crippen LogP contribution in [0.15, 0.2) is 64.5 Å². The quantitative estimate of drug-likeness (QED) is 0.776. The van der Waals surface area contributed by atoms with E-state index in [1.807, 2.05) is 67.6 Å². The normalized spacial score (nSPS) is 16.6. The molecule has 0 unspecified atom stereocenters. The van der Waals surface area contributed by atoms with Crippen molar-refractivity contribution in [2.75, 3.05) is 0 Å². The second-order valence-corrected chi connectivity index (χ2v) is 5.59. The van der Waals surface area contributed by atoms with Crippen LogP contribution in [0.5, 0.6) is 0 Å². The van der Waals surface area contributed by atoms with E-state index >= 15 is 0 Å². The fourth-order valence-corrected chi connectivity index (χ4v) is 2.91. The summed E-state index contributed by atoms with van der Waals surface area (Å²) in [5, 5.41) is 0.774. The first-order chi connectivity index (χ1) is 9.74. The standard InChI is InChI=1S/C17H13NOS/c1-12-7-5-6-10-14(12)11-15-16(19)18-17(20-15)13-8-3-2-4-9-13/h2-11H,1H3. The van der Waals surface area contributed by atoms with E-state index in [1.54, 1.807) is 0 Å². The average molecular weight is 279 g/mol. The number of nitrogens with zero attached hydrogens (tertiary/aromatic N) is 1. The lowest BCUT2D eigenvalue weighted by molar-refractivity contribution is -0.113. The van der Waals surface area contributed by atoms with Gasteiger partial charge in [-0.3, -0.25) is 4.79 Å². The van der Waals surface area contributed by atoms with E-state index < -0.39 is 0 Å². The molecule has 0 saturated carbocycles. The highest BCUT2D eigenvalue weighted by atomic mass is 32.2. The fraction of sp³-hybridized carbons (Fsp3) is 0.0588. The third kappa shape index (κ3) is 2.58. The zero-order valence-corrected chi connectivity index (χ0v) is 11.9. The van der Waals surface area contributed by atoms with E-state index in [1.165, 1.54) is 11.8 Å². The smallest absolute Gasteiger partial charge is 0.266 e. The van der Waals surface area contributed by atoms with E-state index in [0.29, 0.717) is 4.91 Å². The first-order valence-electron chi connectivity index (χ1n) is 6.37. The molecule has 2 aromatic carbocycles. The predicted octanol–water partition coefficient (Wildman–Crippen LogP) is 4.06. The minimum atomic E-state index is -0.155. The highest BCUT2D eigenvalue weighted by molar-refractivity contribution is 8.19. The minimum Gasteiger partial charge on any atom is -0.266 e. The van der Waals surface area contributed by atoms with Crippen molar-refractivity contribution >= 4 is 28.8 Å². The van der Waals surface area contributed by atoms with Gasteiger partial charge in [0.15, 0.2) is 0 Å². The Bertz CT molecular complexity index is 717. The fourth-order valence-electron chi connectivity index (χ4n) is 2.00. The number of aryl methyl sites for hydroxylation is 1. The van der Waals surface area contributed by atoms with Crippen molar-refractivity contribution in [3.8, 4) is 0 Å². The molecule has 20 heavy (non-hydrogen) atoms. The molecule has 3 heteroatoms. The van der Waals surface area contributed by atoms with Crippen molar-refractivity contribution in [2.24, 2.45) is 4.99 Å². The average Bonchev–Trinajstić information content (AvgIpc) is 2.84. The van der Waals surface area contributed by atoms with Crippen molar-refractivity contribution in [3.63, 3.8) is 0 Å². The predicted molar refractivity (Wildman–Crippen MR) is 84.7 cm³/mol. The third-order valence-corrected chi connectivity index (χ3v) is 4.15. The van der Waals surface area contributed by atoms with Crippen molar-refractivity contribution < 1.29 is 4.79 Å². The number of amides is 1. The summed E-state index contributed by atoms with van der Waals surface area (Å²) >= 11 is 1.44. The molecule has 2 aromatic rings. The Hall–Kier alpha value is -2.13. The molecule has 0 aromatic heterocycles. The Morgan fingerprint density at radius 2 is 1.70 bits per heavy atom. The van der Waals surface area contributed by atoms with Crippen LogP contribution in [0.2, 0.25) is 0 Å². The summed E-state index contributed by atoms with van der Waals surface area (Å²) in [4.78, 5) is 16.8. The van der Waals surface area contributed by atoms with Crippen LogP contribution in [0.3, 0.4) is 0 Å². The summed E-state index contributed by atoms with van der Waals surface area (Å²) in [6, 6.07) is 17.8. The zero-order valence-electron chi connectivity index (χ0n) is 11.0. The number of thioether (sulfide) groups is 1. The number of aliphatic imine (C=N–C) groups is 1. The molecule has 0 aliphatic carbocycles. The van der Waals surface area contributed by atoms with E-state index in [2.05, 4.69) is 4.99 Å². The van der Waals surface area contributed by atoms with Gasteiger partial charge in [-0.25, -0.2) is 4.99 Å². The van der Waals surface area contributed by atoms with Gasteiger partial charge < -0.3 is 0 Å². The molecule has 1 aliphatic heterocycles. The maximum Gasteiger partial charge on any atom is 0.284 e. The molecule has 0 N–H and O–H groups in total. The number of rotatable bonds is 2. The van der Waals surface area contributed by atoms with Gasteiger partial charge >= 0.3 is 0 Å². The molecular formula is C17H13NOS. The first kappa shape index (κ1) is 12.9. The van der Waals surface area contributed by atoms with Gasteiger partial charge in [-0.1, -0.05) is 66.4 Å². The maximum atomic E-state index is 12.0. The van der Waals surface area contributed by atoms with Crippen LogP contribution in [0.25, 0.3) is 6.08 Å². The summed E-state index contributed by atoms with van der Waals surface area (Å²) in [7, 11) is 0. The van der Waals surface area contributed by atoms with Crippen LogP contribution >= 0.6 is 11.8 Å². The van der Waals surface area contributed by atoms with Crippen molar-refractivity contribution in [3.05, 3.63) is 76.2 Å². The molecule has 0 spiro atoms. The van der Waals surface area contributed by atoms with Crippen molar-refractivity contribution in [1.82, 2.24) is 0 Å². The molecule has 0 radical (unpaired) electrons. The van der Waals surface area contributed by atoms with Gasteiger partial charge in [-0.2, -0.15) is 0 Å². The summed E-state index contributed by atoms with van der Waals surface area (Å²) in [5.41, 5.74) is 3.20. The van der Waals surface area contributed by atoms with Gasteiger partial charge in [0.2, 0.25) is 0 Å². The lowest BCUT2D eigenvalue weighted by Crippen LogP contribution is -1.89. The molecule has 0 bridgehead atoms.